The molecule has 0 aromatic carbocycles. The summed E-state index contributed by atoms with van der Waals surface area (Å²) < 4.78 is 18.9. The highest BCUT2D eigenvalue weighted by Gasteiger charge is 2.42. The molecule has 1 aliphatic rings. The molecule has 1 aliphatic heterocycles. The molecular formula is C9H16N3O9P. The van der Waals surface area contributed by atoms with E-state index in [9.17, 15) is 9.36 Å². The Morgan fingerprint density at radius 3 is 2.36 bits per heavy atom. The molecule has 126 valence electrons. The average Bonchev–Trinajstić information content (AvgIpc) is 2.63. The molecule has 12 nitrogen and oxygen atoms in total. The molecule has 0 amide bonds. The van der Waals surface area contributed by atoms with Crippen molar-refractivity contribution in [2.45, 2.75) is 24.6 Å². The molecule has 2 heterocycles. The van der Waals surface area contributed by atoms with Crippen LogP contribution >= 0.6 is 7.82 Å². The van der Waals surface area contributed by atoms with Gasteiger partial charge in [0.25, 0.3) is 0 Å². The number of aromatic amines is 1. The van der Waals surface area contributed by atoms with Gasteiger partial charge in [-0.3, -0.25) is 4.52 Å². The lowest BCUT2D eigenvalue weighted by Crippen LogP contribution is -2.34. The number of hydrogen-bond donors (Lipinski definition) is 7. The quantitative estimate of drug-likeness (QED) is 0.273. The molecule has 0 saturated carbocycles. The van der Waals surface area contributed by atoms with Crippen LogP contribution in [0.2, 0.25) is 0 Å². The number of aliphatic hydroxyl groups excluding tert-OH is 3. The number of anilines is 1. The van der Waals surface area contributed by atoms with Crippen molar-refractivity contribution in [3.8, 4) is 0 Å². The zero-order valence-electron chi connectivity index (χ0n) is 11.0. The number of nitrogens with two attached hydrogens (primary N) is 1. The van der Waals surface area contributed by atoms with Gasteiger partial charge in [-0.05, 0) is 6.07 Å². The van der Waals surface area contributed by atoms with E-state index in [1.807, 2.05) is 0 Å². The normalized spacial score (nSPS) is 28.0. The summed E-state index contributed by atoms with van der Waals surface area (Å²) in [5, 5.41) is 27.0. The van der Waals surface area contributed by atoms with Crippen LogP contribution in [0.5, 0.6) is 0 Å². The molecule has 1 unspecified atom stereocenters. The minimum Gasteiger partial charge on any atom is -0.387 e. The molecule has 1 aromatic heterocycles. The monoisotopic (exact) mass is 341 g/mol. The molecular weight excluding hydrogens is 325 g/mol. The maximum absolute atomic E-state index is 10.3. The van der Waals surface area contributed by atoms with E-state index >= 15 is 0 Å². The first-order valence-electron chi connectivity index (χ1n) is 5.81. The van der Waals surface area contributed by atoms with E-state index in [1.165, 1.54) is 12.3 Å². The summed E-state index contributed by atoms with van der Waals surface area (Å²) in [6.45, 7) is -0.612. The number of nitrogens with zero attached hydrogens (tertiary/aromatic N) is 1. The number of nitrogens with one attached hydrogen (secondary N) is 1. The predicted molar refractivity (Wildman–Crippen MR) is 70.2 cm³/mol. The summed E-state index contributed by atoms with van der Waals surface area (Å²) in [7, 11) is -4.64. The van der Waals surface area contributed by atoms with Gasteiger partial charge in [0, 0.05) is 6.20 Å². The summed E-state index contributed by atoms with van der Waals surface area (Å²) in [6.07, 6.45) is -4.22. The standard InChI is InChI=1S/C5H11O8P.C4H5N3O/c6-3-2(1-12-14(9,10)11)13-5(8)4(3)7;5-3-1-2-6-4(8)7-3/h2-8H,1H2,(H2,9,10,11);1-2H,(H3,5,6,7,8)/t2-,3-,4+,5?;/m1./s1. The Labute approximate surface area is 123 Å². The van der Waals surface area contributed by atoms with Crippen LogP contribution in [0.3, 0.4) is 0 Å². The Bertz CT molecular complexity index is 575. The second-order valence-corrected chi connectivity index (χ2v) is 5.39. The van der Waals surface area contributed by atoms with Crippen LogP contribution in [-0.4, -0.2) is 66.3 Å². The van der Waals surface area contributed by atoms with E-state index in [1.54, 1.807) is 0 Å². The third-order valence-electron chi connectivity index (χ3n) is 2.44. The van der Waals surface area contributed by atoms with Crippen LogP contribution in [0.25, 0.3) is 0 Å². The van der Waals surface area contributed by atoms with Gasteiger partial charge < -0.3 is 40.6 Å². The second kappa shape index (κ2) is 7.76. The maximum Gasteiger partial charge on any atom is 0.469 e. The largest absolute Gasteiger partial charge is 0.469 e. The number of rotatable bonds is 3. The van der Waals surface area contributed by atoms with Crippen LogP contribution in [-0.2, 0) is 13.8 Å². The van der Waals surface area contributed by atoms with Crippen molar-refractivity contribution >= 4 is 13.6 Å². The fourth-order valence-electron chi connectivity index (χ4n) is 1.42. The van der Waals surface area contributed by atoms with Crippen LogP contribution in [0.15, 0.2) is 17.1 Å². The highest BCUT2D eigenvalue weighted by molar-refractivity contribution is 7.46. The van der Waals surface area contributed by atoms with Gasteiger partial charge >= 0.3 is 13.5 Å². The molecule has 0 bridgehead atoms. The van der Waals surface area contributed by atoms with E-state index in [0.29, 0.717) is 0 Å². The second-order valence-electron chi connectivity index (χ2n) is 4.15. The van der Waals surface area contributed by atoms with Crippen molar-refractivity contribution in [3.63, 3.8) is 0 Å². The highest BCUT2D eigenvalue weighted by Crippen LogP contribution is 2.36. The Morgan fingerprint density at radius 1 is 1.36 bits per heavy atom. The van der Waals surface area contributed by atoms with Gasteiger partial charge in [0.15, 0.2) is 6.29 Å². The van der Waals surface area contributed by atoms with Crippen LogP contribution in [0.4, 0.5) is 5.82 Å². The van der Waals surface area contributed by atoms with E-state index in [-0.39, 0.29) is 5.82 Å². The van der Waals surface area contributed by atoms with Crippen molar-refractivity contribution in [2.24, 2.45) is 0 Å². The maximum atomic E-state index is 10.3. The molecule has 0 aliphatic carbocycles. The highest BCUT2D eigenvalue weighted by atomic mass is 31.2. The topological polar surface area (TPSA) is 208 Å². The molecule has 4 atom stereocenters. The van der Waals surface area contributed by atoms with Gasteiger partial charge in [0.1, 0.15) is 24.1 Å². The summed E-state index contributed by atoms with van der Waals surface area (Å²) in [5.74, 6) is 0.244. The summed E-state index contributed by atoms with van der Waals surface area (Å²) >= 11 is 0. The molecule has 22 heavy (non-hydrogen) atoms. The molecule has 2 rings (SSSR count). The lowest BCUT2D eigenvalue weighted by atomic mass is 10.1. The third-order valence-corrected chi connectivity index (χ3v) is 2.92. The summed E-state index contributed by atoms with van der Waals surface area (Å²) in [4.78, 5) is 32.6. The molecule has 1 aromatic rings. The Kier molecular flexibility index (Phi) is 6.59. The van der Waals surface area contributed by atoms with Crippen molar-refractivity contribution in [1.82, 2.24) is 9.97 Å². The molecule has 0 spiro atoms. The van der Waals surface area contributed by atoms with Gasteiger partial charge in [-0.2, -0.15) is 4.98 Å². The molecule has 13 heteroatoms. The van der Waals surface area contributed by atoms with Crippen molar-refractivity contribution in [1.29, 1.82) is 0 Å². The van der Waals surface area contributed by atoms with Crippen LogP contribution in [0, 0.1) is 0 Å². The minimum atomic E-state index is -4.64. The molecule has 1 fully saturated rings. The Morgan fingerprint density at radius 2 is 2.00 bits per heavy atom. The molecule has 1 saturated heterocycles. The van der Waals surface area contributed by atoms with Crippen molar-refractivity contribution < 1.29 is 38.9 Å². The van der Waals surface area contributed by atoms with E-state index in [2.05, 4.69) is 19.2 Å². The van der Waals surface area contributed by atoms with Crippen molar-refractivity contribution in [2.75, 3.05) is 12.3 Å². The number of H-pyrrole nitrogens is 1. The van der Waals surface area contributed by atoms with E-state index in [4.69, 9.17) is 30.8 Å². The summed E-state index contributed by atoms with van der Waals surface area (Å²) in [6, 6.07) is 1.52. The van der Waals surface area contributed by atoms with Crippen LogP contribution in [0.1, 0.15) is 0 Å². The fraction of sp³-hybridized carbons (Fsp3) is 0.556. The van der Waals surface area contributed by atoms with Gasteiger partial charge in [0.2, 0.25) is 0 Å². The van der Waals surface area contributed by atoms with Crippen molar-refractivity contribution in [3.05, 3.63) is 22.7 Å². The average molecular weight is 341 g/mol. The van der Waals surface area contributed by atoms with E-state index < -0.39 is 44.7 Å². The SMILES string of the molecule is Nc1cc[nH]c(=O)n1.O=P(O)(O)OC[C@H]1OC(O)[C@@H](O)[C@@H]1O. The fourth-order valence-corrected chi connectivity index (χ4v) is 1.76. The third kappa shape index (κ3) is 6.17. The zero-order valence-corrected chi connectivity index (χ0v) is 11.9. The number of hydrogen-bond acceptors (Lipinski definition) is 9. The predicted octanol–water partition coefficient (Wildman–Crippen LogP) is -3.11. The van der Waals surface area contributed by atoms with Gasteiger partial charge in [-0.1, -0.05) is 0 Å². The van der Waals surface area contributed by atoms with Crippen LogP contribution < -0.4 is 11.4 Å². The zero-order chi connectivity index (χ0) is 16.9. The first-order chi connectivity index (χ1) is 10.1. The van der Waals surface area contributed by atoms with Gasteiger partial charge in [-0.25, -0.2) is 9.36 Å². The number of phosphoric ester groups is 1. The van der Waals surface area contributed by atoms with Gasteiger partial charge in [0.05, 0.1) is 6.61 Å². The first kappa shape index (κ1) is 18.7. The number of aliphatic hydroxyl groups is 3. The smallest absolute Gasteiger partial charge is 0.387 e. The Balaban J connectivity index is 0.000000255. The number of phosphoric acid groups is 1. The molecule has 0 radical (unpaired) electrons. The number of nitrogen functional groups attached to an aromatic ring is 1. The Hall–Kier alpha value is -1.37. The first-order valence-corrected chi connectivity index (χ1v) is 7.34. The number of ether oxygens (including phenoxy) is 1. The number of aromatic nitrogens is 2. The summed E-state index contributed by atoms with van der Waals surface area (Å²) in [5.41, 5.74) is 4.72. The lowest BCUT2D eigenvalue weighted by molar-refractivity contribution is -0.132. The van der Waals surface area contributed by atoms with E-state index in [0.717, 1.165) is 0 Å². The minimum absolute atomic E-state index is 0.244. The van der Waals surface area contributed by atoms with Gasteiger partial charge in [-0.15, -0.1) is 0 Å². The lowest BCUT2D eigenvalue weighted by Gasteiger charge is -2.14. The molecule has 8 N–H and O–H groups in total.